The van der Waals surface area contributed by atoms with Gasteiger partial charge >= 0.3 is 0 Å². The first-order valence-electron chi connectivity index (χ1n) is 7.53. The molecule has 1 fully saturated rings. The van der Waals surface area contributed by atoms with Crippen LogP contribution in [0.15, 0.2) is 36.4 Å². The summed E-state index contributed by atoms with van der Waals surface area (Å²) < 4.78 is 0. The second kappa shape index (κ2) is 6.14. The summed E-state index contributed by atoms with van der Waals surface area (Å²) in [6, 6.07) is 11.7. The first-order valence-corrected chi connectivity index (χ1v) is 7.53. The van der Waals surface area contributed by atoms with Gasteiger partial charge in [-0.1, -0.05) is 24.3 Å². The molecule has 21 heavy (non-hydrogen) atoms. The number of likely N-dealkylation sites (tertiary alicyclic amines) is 1. The summed E-state index contributed by atoms with van der Waals surface area (Å²) in [4.78, 5) is 14.7. The highest BCUT2D eigenvalue weighted by Crippen LogP contribution is 2.21. The molecule has 0 saturated carbocycles. The van der Waals surface area contributed by atoms with Crippen LogP contribution in [-0.4, -0.2) is 37.0 Å². The molecule has 0 unspecified atom stereocenters. The van der Waals surface area contributed by atoms with E-state index in [1.54, 1.807) is 0 Å². The van der Waals surface area contributed by atoms with Gasteiger partial charge in [-0.25, -0.2) is 0 Å². The number of carbonyl (C=O) groups is 1. The second-order valence-corrected chi connectivity index (χ2v) is 5.59. The topological polar surface area (TPSA) is 58.4 Å². The van der Waals surface area contributed by atoms with Crippen LogP contribution in [0.25, 0.3) is 10.8 Å². The third kappa shape index (κ3) is 3.16. The van der Waals surface area contributed by atoms with Gasteiger partial charge in [0.15, 0.2) is 0 Å². The number of fused-ring (bicyclic) bond motifs is 1. The minimum absolute atomic E-state index is 0.0857. The molecule has 1 amide bonds. The van der Waals surface area contributed by atoms with Crippen LogP contribution < -0.4 is 11.1 Å². The smallest absolute Gasteiger partial charge is 0.253 e. The molecule has 4 nitrogen and oxygen atoms in total. The Morgan fingerprint density at radius 3 is 2.52 bits per heavy atom. The van der Waals surface area contributed by atoms with Gasteiger partial charge in [-0.3, -0.25) is 4.79 Å². The molecule has 0 atom stereocenters. The lowest BCUT2D eigenvalue weighted by Gasteiger charge is -2.15. The predicted octanol–water partition coefficient (Wildman–Crippen LogP) is 2.25. The molecule has 4 heteroatoms. The number of hydrogen-bond donors (Lipinski definition) is 2. The Morgan fingerprint density at radius 1 is 1.14 bits per heavy atom. The maximum atomic E-state index is 12.3. The molecule has 0 radical (unpaired) electrons. The number of anilines is 1. The van der Waals surface area contributed by atoms with E-state index in [4.69, 9.17) is 5.73 Å². The molecular formula is C17H21N3O. The van der Waals surface area contributed by atoms with Crippen molar-refractivity contribution >= 4 is 22.4 Å². The summed E-state index contributed by atoms with van der Waals surface area (Å²) in [5.41, 5.74) is 7.11. The van der Waals surface area contributed by atoms with Gasteiger partial charge in [-0.05, 0) is 48.8 Å². The fourth-order valence-electron chi connectivity index (χ4n) is 2.88. The molecule has 1 heterocycles. The van der Waals surface area contributed by atoms with Gasteiger partial charge in [-0.2, -0.15) is 0 Å². The lowest BCUT2D eigenvalue weighted by molar-refractivity contribution is 0.0951. The quantitative estimate of drug-likeness (QED) is 0.846. The van der Waals surface area contributed by atoms with E-state index in [9.17, 15) is 4.79 Å². The summed E-state index contributed by atoms with van der Waals surface area (Å²) in [6.45, 7) is 3.88. The van der Waals surface area contributed by atoms with Crippen molar-refractivity contribution in [1.82, 2.24) is 10.2 Å². The summed E-state index contributed by atoms with van der Waals surface area (Å²) in [6.07, 6.45) is 2.54. The summed E-state index contributed by atoms with van der Waals surface area (Å²) in [5, 5.41) is 5.07. The minimum Gasteiger partial charge on any atom is -0.398 e. The van der Waals surface area contributed by atoms with Gasteiger partial charge in [0.05, 0.1) is 5.56 Å². The van der Waals surface area contributed by atoms with Crippen molar-refractivity contribution in [1.29, 1.82) is 0 Å². The van der Waals surface area contributed by atoms with Gasteiger partial charge in [0.2, 0.25) is 0 Å². The van der Waals surface area contributed by atoms with Crippen molar-refractivity contribution in [3.63, 3.8) is 0 Å². The highest BCUT2D eigenvalue weighted by atomic mass is 16.1. The van der Waals surface area contributed by atoms with Crippen LogP contribution in [0.2, 0.25) is 0 Å². The Labute approximate surface area is 124 Å². The minimum atomic E-state index is -0.0857. The van der Waals surface area contributed by atoms with E-state index in [0.717, 1.165) is 30.4 Å². The molecule has 0 aliphatic carbocycles. The molecule has 3 rings (SSSR count). The van der Waals surface area contributed by atoms with Gasteiger partial charge in [0.1, 0.15) is 0 Å². The maximum absolute atomic E-state index is 12.3. The molecule has 110 valence electrons. The van der Waals surface area contributed by atoms with Crippen molar-refractivity contribution in [2.75, 3.05) is 31.9 Å². The monoisotopic (exact) mass is 283 g/mol. The molecule has 1 aliphatic heterocycles. The lowest BCUT2D eigenvalue weighted by Crippen LogP contribution is -2.33. The van der Waals surface area contributed by atoms with Crippen molar-refractivity contribution in [3.05, 3.63) is 42.0 Å². The number of hydrogen-bond acceptors (Lipinski definition) is 3. The number of nitrogen functional groups attached to an aromatic ring is 1. The molecule has 1 aliphatic rings. The molecule has 3 N–H and O–H groups in total. The zero-order chi connectivity index (χ0) is 14.7. The summed E-state index contributed by atoms with van der Waals surface area (Å²) in [7, 11) is 0. The standard InChI is InChI=1S/C17H21N3O/c18-16-12-14-6-2-1-5-13(14)11-15(16)17(21)19-7-10-20-8-3-4-9-20/h1-2,5-6,11-12H,3-4,7-10,18H2,(H,19,21). The first kappa shape index (κ1) is 13.9. The van der Waals surface area contributed by atoms with Crippen LogP contribution in [0.3, 0.4) is 0 Å². The van der Waals surface area contributed by atoms with Gasteiger partial charge in [-0.15, -0.1) is 0 Å². The van der Waals surface area contributed by atoms with Crippen molar-refractivity contribution in [2.24, 2.45) is 0 Å². The normalized spacial score (nSPS) is 15.4. The zero-order valence-electron chi connectivity index (χ0n) is 12.1. The number of nitrogens with zero attached hydrogens (tertiary/aromatic N) is 1. The second-order valence-electron chi connectivity index (χ2n) is 5.59. The van der Waals surface area contributed by atoms with E-state index in [1.165, 1.54) is 12.8 Å². The van der Waals surface area contributed by atoms with E-state index >= 15 is 0 Å². The maximum Gasteiger partial charge on any atom is 0.253 e. The fraction of sp³-hybridized carbons (Fsp3) is 0.353. The van der Waals surface area contributed by atoms with Crippen LogP contribution >= 0.6 is 0 Å². The van der Waals surface area contributed by atoms with Crippen molar-refractivity contribution in [2.45, 2.75) is 12.8 Å². The highest BCUT2D eigenvalue weighted by Gasteiger charge is 2.13. The molecule has 0 spiro atoms. The Kier molecular flexibility index (Phi) is 4.06. The molecule has 0 aromatic heterocycles. The lowest BCUT2D eigenvalue weighted by atomic mass is 10.0. The average molecular weight is 283 g/mol. The molecule has 0 bridgehead atoms. The third-order valence-electron chi connectivity index (χ3n) is 4.07. The Hall–Kier alpha value is -2.07. The predicted molar refractivity (Wildman–Crippen MR) is 86.4 cm³/mol. The van der Waals surface area contributed by atoms with E-state index in [-0.39, 0.29) is 5.91 Å². The summed E-state index contributed by atoms with van der Waals surface area (Å²) in [5.74, 6) is -0.0857. The average Bonchev–Trinajstić information content (AvgIpc) is 2.99. The molecule has 2 aromatic rings. The summed E-state index contributed by atoms with van der Waals surface area (Å²) >= 11 is 0. The third-order valence-corrected chi connectivity index (χ3v) is 4.07. The Balaban J connectivity index is 1.67. The van der Waals surface area contributed by atoms with E-state index in [1.807, 2.05) is 36.4 Å². The molecule has 1 saturated heterocycles. The number of nitrogens with one attached hydrogen (secondary N) is 1. The number of amides is 1. The Bertz CT molecular complexity index is 648. The van der Waals surface area contributed by atoms with Crippen LogP contribution in [0.5, 0.6) is 0 Å². The van der Waals surface area contributed by atoms with Crippen LogP contribution in [-0.2, 0) is 0 Å². The van der Waals surface area contributed by atoms with Crippen molar-refractivity contribution in [3.8, 4) is 0 Å². The van der Waals surface area contributed by atoms with Gasteiger partial charge in [0, 0.05) is 18.8 Å². The van der Waals surface area contributed by atoms with E-state index in [2.05, 4.69) is 10.2 Å². The van der Waals surface area contributed by atoms with Crippen LogP contribution in [0.1, 0.15) is 23.2 Å². The van der Waals surface area contributed by atoms with Gasteiger partial charge < -0.3 is 16.0 Å². The van der Waals surface area contributed by atoms with Crippen LogP contribution in [0.4, 0.5) is 5.69 Å². The van der Waals surface area contributed by atoms with E-state index in [0.29, 0.717) is 17.8 Å². The number of nitrogens with two attached hydrogens (primary N) is 1. The van der Waals surface area contributed by atoms with E-state index < -0.39 is 0 Å². The number of carbonyl (C=O) groups excluding carboxylic acids is 1. The fourth-order valence-corrected chi connectivity index (χ4v) is 2.88. The SMILES string of the molecule is Nc1cc2ccccc2cc1C(=O)NCCN1CCCC1. The van der Waals surface area contributed by atoms with Gasteiger partial charge in [0.25, 0.3) is 5.91 Å². The zero-order valence-corrected chi connectivity index (χ0v) is 12.1. The molecular weight excluding hydrogens is 262 g/mol. The van der Waals surface area contributed by atoms with Crippen molar-refractivity contribution < 1.29 is 4.79 Å². The largest absolute Gasteiger partial charge is 0.398 e. The number of benzene rings is 2. The van der Waals surface area contributed by atoms with Crippen LogP contribution in [0, 0.1) is 0 Å². The first-order chi connectivity index (χ1) is 10.2. The number of rotatable bonds is 4. The highest BCUT2D eigenvalue weighted by molar-refractivity contribution is 6.03. The molecule has 2 aromatic carbocycles. The Morgan fingerprint density at radius 2 is 1.81 bits per heavy atom.